The first kappa shape index (κ1) is 28.7. The minimum absolute atomic E-state index is 0.00555. The van der Waals surface area contributed by atoms with Gasteiger partial charge in [0.25, 0.3) is 0 Å². The van der Waals surface area contributed by atoms with Gasteiger partial charge in [-0.05, 0) is 74.2 Å². The van der Waals surface area contributed by atoms with Crippen molar-refractivity contribution >= 4 is 39.0 Å². The van der Waals surface area contributed by atoms with Crippen LogP contribution in [0, 0.1) is 13.8 Å². The van der Waals surface area contributed by atoms with E-state index in [-0.39, 0.29) is 17.2 Å². The molecule has 1 heterocycles. The van der Waals surface area contributed by atoms with E-state index in [1.165, 1.54) is 42.8 Å². The molecule has 40 heavy (non-hydrogen) atoms. The van der Waals surface area contributed by atoms with Crippen LogP contribution in [0.4, 0.5) is 21.9 Å². The Morgan fingerprint density at radius 2 is 1.40 bits per heavy atom. The third-order valence-electron chi connectivity index (χ3n) is 6.59. The molecule has 0 aromatic heterocycles. The number of benzene rings is 3. The Morgan fingerprint density at radius 1 is 0.850 bits per heavy atom. The molecule has 1 aliphatic rings. The molecule has 1 saturated heterocycles. The van der Waals surface area contributed by atoms with E-state index in [4.69, 9.17) is 9.47 Å². The molecule has 0 unspecified atom stereocenters. The maximum Gasteiger partial charge on any atom is 0.323 e. The molecule has 1 atom stereocenters. The minimum Gasteiger partial charge on any atom is -0.507 e. The number of hydrogen-bond acceptors (Lipinski definition) is 7. The second-order valence-electron chi connectivity index (χ2n) is 9.43. The first-order valence-corrected chi connectivity index (χ1v) is 14.0. The number of rotatable bonds is 8. The summed E-state index contributed by atoms with van der Waals surface area (Å²) in [4.78, 5) is 25.6. The third kappa shape index (κ3) is 6.29. The van der Waals surface area contributed by atoms with Crippen LogP contribution in [0.5, 0.6) is 17.2 Å². The van der Waals surface area contributed by atoms with Crippen LogP contribution in [0.2, 0.25) is 0 Å². The molecule has 0 radical (unpaired) electrons. The molecule has 212 valence electrons. The molecule has 0 spiro atoms. The van der Waals surface area contributed by atoms with Crippen molar-refractivity contribution in [3.8, 4) is 17.2 Å². The molecule has 1 aliphatic heterocycles. The number of nitrogens with zero attached hydrogens (tertiary/aromatic N) is 1. The highest BCUT2D eigenvalue weighted by Crippen LogP contribution is 2.30. The number of hydrogen-bond donors (Lipinski definition) is 4. The van der Waals surface area contributed by atoms with Crippen LogP contribution < -0.4 is 25.4 Å². The second-order valence-corrected chi connectivity index (χ2v) is 11.3. The summed E-state index contributed by atoms with van der Waals surface area (Å²) in [5.41, 5.74) is 2.57. The van der Waals surface area contributed by atoms with Crippen LogP contribution in [-0.2, 0) is 14.8 Å². The summed E-state index contributed by atoms with van der Waals surface area (Å²) in [6, 6.07) is 12.5. The maximum absolute atomic E-state index is 13.5. The number of methoxy groups -OCH3 is 2. The Morgan fingerprint density at radius 3 is 1.98 bits per heavy atom. The summed E-state index contributed by atoms with van der Waals surface area (Å²) < 4.78 is 38.6. The van der Waals surface area contributed by atoms with Gasteiger partial charge in [-0.15, -0.1) is 0 Å². The predicted octanol–water partition coefficient (Wildman–Crippen LogP) is 4.46. The first-order chi connectivity index (χ1) is 19.0. The first-order valence-electron chi connectivity index (χ1n) is 12.6. The van der Waals surface area contributed by atoms with Crippen molar-refractivity contribution in [1.29, 1.82) is 0 Å². The molecule has 1 fully saturated rings. The summed E-state index contributed by atoms with van der Waals surface area (Å²) in [6.07, 6.45) is 0.914. The van der Waals surface area contributed by atoms with Crippen molar-refractivity contribution < 1.29 is 32.6 Å². The van der Waals surface area contributed by atoms with E-state index in [1.54, 1.807) is 44.2 Å². The number of urea groups is 1. The van der Waals surface area contributed by atoms with Crippen LogP contribution in [-0.4, -0.2) is 56.6 Å². The number of phenols is 1. The number of amides is 3. The molecule has 3 amide bonds. The number of ether oxygens (including phenoxy) is 2. The molecule has 0 bridgehead atoms. The molecular formula is C28H32N4O7S. The minimum atomic E-state index is -3.99. The van der Waals surface area contributed by atoms with Crippen molar-refractivity contribution in [3.63, 3.8) is 0 Å². The SMILES string of the molecule is COc1cc(NC(=O)[C@@H]2CCCN2S(=O)(=O)c2ccc(NC(=O)Nc3cc(C)c(O)c(C)c3)cc2)cc(OC)c1. The van der Waals surface area contributed by atoms with E-state index in [0.717, 1.165) is 0 Å². The van der Waals surface area contributed by atoms with Gasteiger partial charge in [0.2, 0.25) is 15.9 Å². The standard InChI is InChI=1S/C28H32N4O7S/c1-17-12-20(13-18(2)26(17)33)31-28(35)30-19-7-9-24(10-8-19)40(36,37)32-11-5-6-25(32)27(34)29-21-14-22(38-3)16-23(15-21)39-4/h7-10,12-16,25,33H,5-6,11H2,1-4H3,(H,29,34)(H2,30,31,35)/t25-/m0/s1. The molecule has 0 saturated carbocycles. The van der Waals surface area contributed by atoms with Gasteiger partial charge in [0.1, 0.15) is 23.3 Å². The van der Waals surface area contributed by atoms with E-state index < -0.39 is 28.0 Å². The van der Waals surface area contributed by atoms with Crippen LogP contribution in [0.25, 0.3) is 0 Å². The highest BCUT2D eigenvalue weighted by molar-refractivity contribution is 7.89. The summed E-state index contributed by atoms with van der Waals surface area (Å²) in [7, 11) is -0.995. The van der Waals surface area contributed by atoms with Gasteiger partial charge in [-0.2, -0.15) is 4.31 Å². The van der Waals surface area contributed by atoms with E-state index in [9.17, 15) is 23.1 Å². The largest absolute Gasteiger partial charge is 0.507 e. The van der Waals surface area contributed by atoms with E-state index in [2.05, 4.69) is 16.0 Å². The fourth-order valence-corrected chi connectivity index (χ4v) is 6.22. The number of aryl methyl sites for hydroxylation is 2. The number of sulfonamides is 1. The van der Waals surface area contributed by atoms with Crippen molar-refractivity contribution in [3.05, 3.63) is 65.7 Å². The number of nitrogens with one attached hydrogen (secondary N) is 3. The molecule has 4 N–H and O–H groups in total. The molecule has 11 nitrogen and oxygen atoms in total. The van der Waals surface area contributed by atoms with Crippen molar-refractivity contribution in [1.82, 2.24) is 4.31 Å². The number of carbonyl (C=O) groups excluding carboxylic acids is 2. The van der Waals surface area contributed by atoms with Crippen LogP contribution in [0.1, 0.15) is 24.0 Å². The molecule has 3 aromatic carbocycles. The van der Waals surface area contributed by atoms with Gasteiger partial charge in [-0.3, -0.25) is 4.79 Å². The average molecular weight is 569 g/mol. The van der Waals surface area contributed by atoms with Crippen molar-refractivity contribution in [2.45, 2.75) is 37.6 Å². The number of anilines is 3. The normalized spacial score (nSPS) is 15.3. The summed E-state index contributed by atoms with van der Waals surface area (Å²) in [6.45, 7) is 3.67. The predicted molar refractivity (Wildman–Crippen MR) is 152 cm³/mol. The quantitative estimate of drug-likeness (QED) is 0.293. The lowest BCUT2D eigenvalue weighted by atomic mass is 10.1. The van der Waals surface area contributed by atoms with E-state index in [1.807, 2.05) is 0 Å². The van der Waals surface area contributed by atoms with Crippen molar-refractivity contribution in [2.24, 2.45) is 0 Å². The zero-order chi connectivity index (χ0) is 29.0. The highest BCUT2D eigenvalue weighted by atomic mass is 32.2. The van der Waals surface area contributed by atoms with Gasteiger partial charge < -0.3 is 30.5 Å². The summed E-state index contributed by atoms with van der Waals surface area (Å²) in [5.74, 6) is 0.689. The lowest BCUT2D eigenvalue weighted by molar-refractivity contribution is -0.119. The Hall–Kier alpha value is -4.29. The molecule has 4 rings (SSSR count). The fourth-order valence-electron chi connectivity index (χ4n) is 4.56. The highest BCUT2D eigenvalue weighted by Gasteiger charge is 2.39. The topological polar surface area (TPSA) is 146 Å². The van der Waals surface area contributed by atoms with Crippen molar-refractivity contribution in [2.75, 3.05) is 36.7 Å². The average Bonchev–Trinajstić information content (AvgIpc) is 3.43. The molecular weight excluding hydrogens is 536 g/mol. The van der Waals surface area contributed by atoms with Gasteiger partial charge in [-0.25, -0.2) is 13.2 Å². The van der Waals surface area contributed by atoms with Crippen LogP contribution >= 0.6 is 0 Å². The van der Waals surface area contributed by atoms with Crippen LogP contribution in [0.15, 0.2) is 59.5 Å². The fraction of sp³-hybridized carbons (Fsp3) is 0.286. The Kier molecular flexibility index (Phi) is 8.50. The van der Waals surface area contributed by atoms with Gasteiger partial charge in [0, 0.05) is 41.8 Å². The summed E-state index contributed by atoms with van der Waals surface area (Å²) in [5, 5.41) is 18.0. The monoisotopic (exact) mass is 568 g/mol. The number of aromatic hydroxyl groups is 1. The lowest BCUT2D eigenvalue weighted by Gasteiger charge is -2.23. The maximum atomic E-state index is 13.5. The van der Waals surface area contributed by atoms with Gasteiger partial charge in [-0.1, -0.05) is 0 Å². The zero-order valence-corrected chi connectivity index (χ0v) is 23.5. The van der Waals surface area contributed by atoms with Gasteiger partial charge >= 0.3 is 6.03 Å². The second kappa shape index (κ2) is 11.8. The van der Waals surface area contributed by atoms with Gasteiger partial charge in [0.05, 0.1) is 19.1 Å². The third-order valence-corrected chi connectivity index (χ3v) is 8.52. The molecule has 0 aliphatic carbocycles. The smallest absolute Gasteiger partial charge is 0.323 e. The number of phenolic OH excluding ortho intramolecular Hbond substituents is 1. The molecule has 12 heteroatoms. The molecule has 3 aromatic rings. The van der Waals surface area contributed by atoms with E-state index in [0.29, 0.717) is 52.5 Å². The number of carbonyl (C=O) groups is 2. The van der Waals surface area contributed by atoms with Gasteiger partial charge in [0.15, 0.2) is 0 Å². The Labute approximate surface area is 233 Å². The zero-order valence-electron chi connectivity index (χ0n) is 22.6. The Balaban J connectivity index is 1.44. The van der Waals surface area contributed by atoms with E-state index >= 15 is 0 Å². The summed E-state index contributed by atoms with van der Waals surface area (Å²) >= 11 is 0. The lowest BCUT2D eigenvalue weighted by Crippen LogP contribution is -2.43. The van der Waals surface area contributed by atoms with Crippen LogP contribution in [0.3, 0.4) is 0 Å². The Bertz CT molecular complexity index is 1480.